The molecule has 0 spiro atoms. The molecule has 3 aliphatic rings. The van der Waals surface area contributed by atoms with Crippen molar-refractivity contribution in [1.29, 1.82) is 0 Å². The third-order valence-electron chi connectivity index (χ3n) is 14.5. The minimum absolute atomic E-state index is 0.0180. The summed E-state index contributed by atoms with van der Waals surface area (Å²) in [4.78, 5) is 94.1. The van der Waals surface area contributed by atoms with Gasteiger partial charge >= 0.3 is 0 Å². The number of imidazole rings is 4. The van der Waals surface area contributed by atoms with Crippen LogP contribution in [0.1, 0.15) is 206 Å². The lowest BCUT2D eigenvalue weighted by Crippen LogP contribution is -2.40. The molecule has 25 nitrogen and oxygen atoms in total. The average Bonchev–Trinajstić information content (AvgIpc) is 1.80. The zero-order valence-electron chi connectivity index (χ0n) is 58.5. The second kappa shape index (κ2) is 30.9. The van der Waals surface area contributed by atoms with Crippen LogP contribution in [0, 0.1) is 34.6 Å². The molecular formula is C67H97N21O4. The van der Waals surface area contributed by atoms with Crippen molar-refractivity contribution in [2.45, 2.75) is 208 Å². The zero-order valence-corrected chi connectivity index (χ0v) is 58.5. The van der Waals surface area contributed by atoms with E-state index in [1.54, 1.807) is 39.0 Å². The van der Waals surface area contributed by atoms with Crippen LogP contribution >= 0.6 is 0 Å². The number of nitrogens with one attached hydrogen (secondary N) is 4. The third-order valence-corrected chi connectivity index (χ3v) is 14.5. The summed E-state index contributed by atoms with van der Waals surface area (Å²) < 4.78 is 9.97. The van der Waals surface area contributed by atoms with Crippen LogP contribution < -0.4 is 21.5 Å². The molecule has 0 atom stereocenters. The van der Waals surface area contributed by atoms with Gasteiger partial charge in [-0.1, -0.05) is 19.7 Å². The van der Waals surface area contributed by atoms with Crippen molar-refractivity contribution >= 4 is 62.5 Å². The highest BCUT2D eigenvalue weighted by molar-refractivity contribution is 6.01. The van der Waals surface area contributed by atoms with E-state index in [4.69, 9.17) is 0 Å². The van der Waals surface area contributed by atoms with Crippen molar-refractivity contribution in [2.75, 3.05) is 5.32 Å². The molecule has 0 aliphatic carbocycles. The number of rotatable bonds is 7. The summed E-state index contributed by atoms with van der Waals surface area (Å²) in [6, 6.07) is 4.31. The molecule has 0 aromatic carbocycles. The Labute approximate surface area is 541 Å². The van der Waals surface area contributed by atoms with Crippen molar-refractivity contribution in [3.05, 3.63) is 155 Å². The third kappa shape index (κ3) is 18.5. The van der Waals surface area contributed by atoms with Gasteiger partial charge in [0.2, 0.25) is 0 Å². The number of hydrogen-bond acceptors (Lipinski definition) is 17. The largest absolute Gasteiger partial charge is 0.334 e. The van der Waals surface area contributed by atoms with Crippen LogP contribution in [0.15, 0.2) is 114 Å². The summed E-state index contributed by atoms with van der Waals surface area (Å²) in [5.74, 6) is 4.69. The number of aryl methyl sites for hydroxylation is 5. The molecule has 4 N–H and O–H groups in total. The predicted octanol–water partition coefficient (Wildman–Crippen LogP) is 12.3. The number of ketones is 1. The molecule has 0 radical (unpaired) electrons. The molecule has 8 aromatic heterocycles. The number of aliphatic imine (C=N–C) groups is 1. The van der Waals surface area contributed by atoms with Crippen LogP contribution in [0.4, 0.5) is 5.82 Å². The van der Waals surface area contributed by atoms with E-state index in [1.807, 2.05) is 128 Å². The van der Waals surface area contributed by atoms with Crippen molar-refractivity contribution in [1.82, 2.24) is 93.1 Å². The number of fused-ring (bicyclic) bond motifs is 4. The number of H-pyrrole nitrogens is 1. The van der Waals surface area contributed by atoms with Gasteiger partial charge in [-0.3, -0.25) is 19.2 Å². The van der Waals surface area contributed by atoms with Gasteiger partial charge in [-0.25, -0.2) is 49.8 Å². The monoisotopic (exact) mass is 1260 g/mol. The van der Waals surface area contributed by atoms with Crippen molar-refractivity contribution in [3.8, 4) is 0 Å². The van der Waals surface area contributed by atoms with Gasteiger partial charge < -0.3 is 53.6 Å². The number of carbonyl (C=O) groups is 3. The Morgan fingerprint density at radius 3 is 1.62 bits per heavy atom. The van der Waals surface area contributed by atoms with Crippen molar-refractivity contribution in [2.24, 2.45) is 4.99 Å². The molecule has 0 bridgehead atoms. The number of carbonyl (C=O) groups excluding carboxylic acids is 3. The molecular weight excluding hydrogens is 1160 g/mol. The number of amides is 2. The number of Topliss-reactive ketones (excluding diaryl/α,β-unsaturated/α-hetero) is 1. The lowest BCUT2D eigenvalue weighted by atomic mass is 10.1. The topological polar surface area (TPSA) is 280 Å². The normalized spacial score (nSPS) is 13.8. The van der Waals surface area contributed by atoms with E-state index in [0.29, 0.717) is 76.0 Å². The standard InChI is InChI=1S/C11H15N3.C10H14N4O.C10H14N4.C10H16N2.C9H12N4O.C9H14N2O.C8H12N2O/c1-7(2)14-6-5-10-8(3)12-9(4)13-11(10)14;1-6-12-8-7(9(15)13-6)11-5-14(8)10(2,3)4;1-6(2)14-5-11-9-7(3)12-8(4)13-10(9)14;1-7(2)12-6-8(3)9(4)11-10(12)5;1-5(2)13-4-10-7-8(13)11-6(3)12-9(7)14;1-6(2)11-5-7(3)9(12)10-8(11)4;1-6(2)10-4-8(7(3)11)9-5-10/h5-7H,1-4H3;5,12H,1H2,2-4H3,(H,13,15);5-6H,1-4H3;6-7H,5H2,1-4H3;4-5H,1-3H3,(H,11,12,14);5-6H,4H2,1-3H3,(H,10,12);4-6H,1-3H3. The van der Waals surface area contributed by atoms with Crippen LogP contribution in [-0.2, 0) is 10.3 Å². The Balaban J connectivity index is 0.000000195. The SMILES string of the molecule is C=C1N=C(C)C(C)=CN1C(C)C.C=C1NC(=O)C(C)=CN1C(C)C.C=C1NC(=O)c2ncn(C(C)(C)C)c2N1.CC(=O)c1cn(C(C)C)cn1.Cc1nc(C)c2ccn(C(C)C)c2n1.Cc1nc(C)c2ncn(C(C)C)c2n1.Cc1nc2c(ncn2C(C)C)c(=O)[nH]1. The summed E-state index contributed by atoms with van der Waals surface area (Å²) in [7, 11) is 0. The summed E-state index contributed by atoms with van der Waals surface area (Å²) in [5, 5.41) is 9.44. The molecule has 494 valence electrons. The molecule has 2 amide bonds. The molecule has 8 aromatic rings. The lowest BCUT2D eigenvalue weighted by molar-refractivity contribution is -0.117. The van der Waals surface area contributed by atoms with Crippen LogP contribution in [0.25, 0.3) is 33.4 Å². The summed E-state index contributed by atoms with van der Waals surface area (Å²) in [6.07, 6.45) is 14.6. The maximum Gasteiger partial charge on any atom is 0.279 e. The van der Waals surface area contributed by atoms with E-state index in [9.17, 15) is 19.2 Å². The number of nitrogens with zero attached hydrogens (tertiary/aromatic N) is 17. The van der Waals surface area contributed by atoms with Gasteiger partial charge in [0.25, 0.3) is 17.4 Å². The molecule has 11 rings (SSSR count). The van der Waals surface area contributed by atoms with Gasteiger partial charge in [0.1, 0.15) is 57.6 Å². The predicted molar refractivity (Wildman–Crippen MR) is 367 cm³/mol. The highest BCUT2D eigenvalue weighted by atomic mass is 16.2. The Morgan fingerprint density at radius 1 is 0.554 bits per heavy atom. The number of hydrogen-bond donors (Lipinski definition) is 4. The Morgan fingerprint density at radius 2 is 1.10 bits per heavy atom. The first-order valence-electron chi connectivity index (χ1n) is 30.8. The molecule has 0 saturated heterocycles. The van der Waals surface area contributed by atoms with E-state index in [-0.39, 0.29) is 34.7 Å². The fourth-order valence-electron chi connectivity index (χ4n) is 9.30. The zero-order chi connectivity index (χ0) is 69.1. The van der Waals surface area contributed by atoms with Gasteiger partial charge in [-0.15, -0.1) is 0 Å². The molecule has 11 heterocycles. The Hall–Kier alpha value is -9.68. The molecule has 0 saturated carbocycles. The number of aromatic nitrogens is 15. The Bertz CT molecular complexity index is 4050. The highest BCUT2D eigenvalue weighted by Crippen LogP contribution is 2.27. The van der Waals surface area contributed by atoms with E-state index in [0.717, 1.165) is 62.3 Å². The van der Waals surface area contributed by atoms with Gasteiger partial charge in [0.15, 0.2) is 28.3 Å². The van der Waals surface area contributed by atoms with E-state index in [2.05, 4.69) is 171 Å². The molecule has 0 unspecified atom stereocenters. The fourth-order valence-corrected chi connectivity index (χ4v) is 9.30. The summed E-state index contributed by atoms with van der Waals surface area (Å²) in [5.41, 5.74) is 9.63. The smallest absolute Gasteiger partial charge is 0.279 e. The lowest BCUT2D eigenvalue weighted by Gasteiger charge is -2.31. The summed E-state index contributed by atoms with van der Waals surface area (Å²) >= 11 is 0. The first kappa shape index (κ1) is 73.1. The van der Waals surface area contributed by atoms with Crippen LogP contribution in [0.5, 0.6) is 0 Å². The van der Waals surface area contributed by atoms with E-state index in [1.165, 1.54) is 12.5 Å². The minimum Gasteiger partial charge on any atom is -0.334 e. The number of anilines is 1. The molecule has 0 fully saturated rings. The quantitative estimate of drug-likeness (QED) is 0.108. The fraction of sp³-hybridized carbons (Fsp3) is 0.463. The van der Waals surface area contributed by atoms with Crippen molar-refractivity contribution < 1.29 is 14.4 Å². The van der Waals surface area contributed by atoms with E-state index >= 15 is 0 Å². The molecule has 92 heavy (non-hydrogen) atoms. The van der Waals surface area contributed by atoms with Crippen LogP contribution in [-0.4, -0.2) is 118 Å². The Kier molecular flexibility index (Phi) is 24.5. The molecule has 3 aliphatic heterocycles. The van der Waals surface area contributed by atoms with Gasteiger partial charge in [0.05, 0.1) is 36.7 Å². The second-order valence-corrected chi connectivity index (χ2v) is 25.3. The second-order valence-electron chi connectivity index (χ2n) is 25.3. The number of allylic oxidation sites excluding steroid dienone is 1. The maximum absolute atomic E-state index is 11.5. The van der Waals surface area contributed by atoms with E-state index < -0.39 is 0 Å². The van der Waals surface area contributed by atoms with Gasteiger partial charge in [0, 0.05) is 90.2 Å². The van der Waals surface area contributed by atoms with Crippen LogP contribution in [0.3, 0.4) is 0 Å². The maximum atomic E-state index is 11.5. The first-order chi connectivity index (χ1) is 42.8. The summed E-state index contributed by atoms with van der Waals surface area (Å²) in [6.45, 7) is 59.5. The number of aromatic amines is 1. The van der Waals surface area contributed by atoms with Crippen LogP contribution in [0.2, 0.25) is 0 Å². The average molecular weight is 1260 g/mol. The van der Waals surface area contributed by atoms with Gasteiger partial charge in [-0.2, -0.15) is 0 Å². The minimum atomic E-state index is -0.211. The first-order valence-corrected chi connectivity index (χ1v) is 30.8. The van der Waals surface area contributed by atoms with Crippen molar-refractivity contribution in [3.63, 3.8) is 0 Å². The highest BCUT2D eigenvalue weighted by Gasteiger charge is 2.28. The molecule has 25 heteroatoms. The van der Waals surface area contributed by atoms with Gasteiger partial charge in [-0.05, 0) is 171 Å².